The summed E-state index contributed by atoms with van der Waals surface area (Å²) in [6.07, 6.45) is 0. The lowest BCUT2D eigenvalue weighted by Gasteiger charge is -2.25. The minimum Gasteiger partial charge on any atom is -0.351 e. The van der Waals surface area contributed by atoms with Crippen LogP contribution in [0.4, 0.5) is 5.69 Å². The Morgan fingerprint density at radius 1 is 0.897 bits per heavy atom. The third-order valence-corrected chi connectivity index (χ3v) is 9.39. The minimum atomic E-state index is -3.87. The molecule has 0 atom stereocenters. The highest BCUT2D eigenvalue weighted by Crippen LogP contribution is 2.28. The smallest absolute Gasteiger partial charge is 0.264 e. The Balaban J connectivity index is 1.41. The molecule has 4 rings (SSSR count). The van der Waals surface area contributed by atoms with Crippen LogP contribution >= 0.6 is 35.0 Å². The van der Waals surface area contributed by atoms with E-state index in [4.69, 9.17) is 23.2 Å². The zero-order valence-corrected chi connectivity index (χ0v) is 24.5. The lowest BCUT2D eigenvalue weighted by Crippen LogP contribution is -2.30. The topological polar surface area (TPSA) is 66.5 Å². The third-order valence-electron chi connectivity index (χ3n) is 5.99. The van der Waals surface area contributed by atoms with Gasteiger partial charge in [-0.1, -0.05) is 77.3 Å². The van der Waals surface area contributed by atoms with E-state index in [1.54, 1.807) is 84.6 Å². The summed E-state index contributed by atoms with van der Waals surface area (Å²) >= 11 is 14.1. The van der Waals surface area contributed by atoms with Gasteiger partial charge < -0.3 is 5.32 Å². The number of rotatable bonds is 11. The van der Waals surface area contributed by atoms with Gasteiger partial charge in [0.05, 0.1) is 17.1 Å². The van der Waals surface area contributed by atoms with Crippen molar-refractivity contribution < 1.29 is 13.2 Å². The largest absolute Gasteiger partial charge is 0.351 e. The van der Waals surface area contributed by atoms with Crippen LogP contribution < -0.4 is 9.62 Å². The number of carbonyl (C=O) groups is 1. The monoisotopic (exact) mass is 598 g/mol. The number of aryl methyl sites for hydroxylation is 1. The fourth-order valence-corrected chi connectivity index (χ4v) is 6.62. The van der Waals surface area contributed by atoms with Gasteiger partial charge in [0.15, 0.2) is 0 Å². The molecule has 0 fully saturated rings. The molecule has 4 aromatic carbocycles. The molecule has 0 spiro atoms. The molecule has 0 unspecified atom stereocenters. The average molecular weight is 600 g/mol. The zero-order valence-electron chi connectivity index (χ0n) is 21.3. The summed E-state index contributed by atoms with van der Waals surface area (Å²) in [6, 6.07) is 28.2. The second-order valence-corrected chi connectivity index (χ2v) is 12.7. The molecule has 0 heterocycles. The molecule has 202 valence electrons. The van der Waals surface area contributed by atoms with E-state index in [-0.39, 0.29) is 17.3 Å². The van der Waals surface area contributed by atoms with Crippen LogP contribution in [0.5, 0.6) is 0 Å². The molecule has 39 heavy (non-hydrogen) atoms. The highest BCUT2D eigenvalue weighted by atomic mass is 35.5. The molecule has 5 nitrogen and oxygen atoms in total. The van der Waals surface area contributed by atoms with E-state index < -0.39 is 10.0 Å². The number of anilines is 1. The number of hydrogen-bond donors (Lipinski definition) is 1. The van der Waals surface area contributed by atoms with Gasteiger partial charge in [-0.2, -0.15) is 11.8 Å². The molecule has 0 saturated heterocycles. The number of carbonyl (C=O) groups excluding carboxylic acids is 1. The van der Waals surface area contributed by atoms with E-state index in [1.807, 2.05) is 31.2 Å². The van der Waals surface area contributed by atoms with Crippen molar-refractivity contribution in [2.75, 3.05) is 16.6 Å². The summed E-state index contributed by atoms with van der Waals surface area (Å²) in [7, 11) is -3.87. The summed E-state index contributed by atoms with van der Waals surface area (Å²) in [5.41, 5.74) is 3.74. The number of nitrogens with one attached hydrogen (secondary N) is 1. The van der Waals surface area contributed by atoms with Crippen LogP contribution in [-0.4, -0.2) is 26.6 Å². The van der Waals surface area contributed by atoms with Crippen LogP contribution in [0.3, 0.4) is 0 Å². The van der Waals surface area contributed by atoms with Crippen molar-refractivity contribution in [3.05, 3.63) is 129 Å². The first-order valence-corrected chi connectivity index (χ1v) is 15.6. The average Bonchev–Trinajstić information content (AvgIpc) is 2.93. The van der Waals surface area contributed by atoms with Crippen LogP contribution in [-0.2, 0) is 22.3 Å². The lowest BCUT2D eigenvalue weighted by atomic mass is 10.1. The Kier molecular flexibility index (Phi) is 9.97. The molecule has 0 aliphatic heterocycles. The number of halogens is 2. The maximum absolute atomic E-state index is 13.6. The van der Waals surface area contributed by atoms with Gasteiger partial charge in [0.2, 0.25) is 0 Å². The first kappa shape index (κ1) is 29.0. The normalized spacial score (nSPS) is 11.3. The standard InChI is InChI=1S/C30H28Cl2N2O3S2/c1-22-9-15-28(16-10-22)39(36,37)34(27-7-4-6-26(31)19-27)20-23-11-13-24(14-12-23)30(35)33-17-18-38-21-25-5-2-3-8-29(25)32/h2-16,19H,17-18,20-21H2,1H3,(H,33,35). The van der Waals surface area contributed by atoms with Crippen LogP contribution in [0.25, 0.3) is 0 Å². The number of amides is 1. The summed E-state index contributed by atoms with van der Waals surface area (Å²) in [5.74, 6) is 1.35. The summed E-state index contributed by atoms with van der Waals surface area (Å²) in [4.78, 5) is 12.8. The van der Waals surface area contributed by atoms with Gasteiger partial charge in [-0.05, 0) is 66.6 Å². The number of nitrogens with zero attached hydrogens (tertiary/aromatic N) is 1. The fraction of sp³-hybridized carbons (Fsp3) is 0.167. The van der Waals surface area contributed by atoms with E-state index in [0.717, 1.165) is 33.2 Å². The van der Waals surface area contributed by atoms with Gasteiger partial charge in [0.25, 0.3) is 15.9 Å². The van der Waals surface area contributed by atoms with Crippen LogP contribution in [0.1, 0.15) is 27.0 Å². The molecule has 9 heteroatoms. The van der Waals surface area contributed by atoms with Gasteiger partial charge >= 0.3 is 0 Å². The van der Waals surface area contributed by atoms with Crippen molar-refractivity contribution >= 4 is 56.6 Å². The Morgan fingerprint density at radius 3 is 2.31 bits per heavy atom. The Hall–Kier alpha value is -2.97. The quantitative estimate of drug-likeness (QED) is 0.183. The molecule has 0 bridgehead atoms. The Bertz CT molecular complexity index is 1530. The number of benzene rings is 4. The number of sulfonamides is 1. The van der Waals surface area contributed by atoms with E-state index in [2.05, 4.69) is 5.32 Å². The predicted molar refractivity (Wildman–Crippen MR) is 162 cm³/mol. The first-order valence-electron chi connectivity index (χ1n) is 12.3. The van der Waals surface area contributed by atoms with Crippen LogP contribution in [0.2, 0.25) is 10.0 Å². The van der Waals surface area contributed by atoms with Crippen molar-refractivity contribution in [2.45, 2.75) is 24.1 Å². The van der Waals surface area contributed by atoms with Crippen molar-refractivity contribution in [1.82, 2.24) is 5.32 Å². The van der Waals surface area contributed by atoms with Crippen LogP contribution in [0, 0.1) is 6.92 Å². The predicted octanol–water partition coefficient (Wildman–Crippen LogP) is 7.36. The minimum absolute atomic E-state index is 0.0805. The molecule has 0 saturated carbocycles. The van der Waals surface area contributed by atoms with Gasteiger partial charge in [0.1, 0.15) is 0 Å². The molecule has 0 aromatic heterocycles. The SMILES string of the molecule is Cc1ccc(S(=O)(=O)N(Cc2ccc(C(=O)NCCSCc3ccccc3Cl)cc2)c2cccc(Cl)c2)cc1. The molecular weight excluding hydrogens is 571 g/mol. The highest BCUT2D eigenvalue weighted by Gasteiger charge is 2.25. The lowest BCUT2D eigenvalue weighted by molar-refractivity contribution is 0.0956. The van der Waals surface area contributed by atoms with Crippen LogP contribution in [0.15, 0.2) is 102 Å². The van der Waals surface area contributed by atoms with E-state index in [9.17, 15) is 13.2 Å². The van der Waals surface area contributed by atoms with Crippen molar-refractivity contribution in [2.24, 2.45) is 0 Å². The highest BCUT2D eigenvalue weighted by molar-refractivity contribution is 7.98. The van der Waals surface area contributed by atoms with Gasteiger partial charge in [-0.3, -0.25) is 9.10 Å². The molecule has 1 N–H and O–H groups in total. The number of thioether (sulfide) groups is 1. The van der Waals surface area contributed by atoms with E-state index in [0.29, 0.717) is 22.8 Å². The third kappa shape index (κ3) is 7.79. The molecule has 0 aliphatic rings. The van der Waals surface area contributed by atoms with Crippen molar-refractivity contribution in [3.8, 4) is 0 Å². The zero-order chi connectivity index (χ0) is 27.8. The number of hydrogen-bond acceptors (Lipinski definition) is 4. The van der Waals surface area contributed by atoms with Gasteiger partial charge in [0, 0.05) is 33.7 Å². The van der Waals surface area contributed by atoms with E-state index >= 15 is 0 Å². The molecule has 0 radical (unpaired) electrons. The molecule has 4 aromatic rings. The summed E-state index contributed by atoms with van der Waals surface area (Å²) in [6.45, 7) is 2.51. The molecular formula is C30H28Cl2N2O3S2. The van der Waals surface area contributed by atoms with Crippen molar-refractivity contribution in [3.63, 3.8) is 0 Å². The fourth-order valence-electron chi connectivity index (χ4n) is 3.85. The Morgan fingerprint density at radius 2 is 1.62 bits per heavy atom. The van der Waals surface area contributed by atoms with Gasteiger partial charge in [-0.15, -0.1) is 0 Å². The summed E-state index contributed by atoms with van der Waals surface area (Å²) < 4.78 is 28.6. The summed E-state index contributed by atoms with van der Waals surface area (Å²) in [5, 5.41) is 4.11. The van der Waals surface area contributed by atoms with E-state index in [1.165, 1.54) is 4.31 Å². The van der Waals surface area contributed by atoms with Gasteiger partial charge in [-0.25, -0.2) is 8.42 Å². The Labute approximate surface area is 244 Å². The van der Waals surface area contributed by atoms with Crippen molar-refractivity contribution in [1.29, 1.82) is 0 Å². The first-order chi connectivity index (χ1) is 18.7. The molecule has 0 aliphatic carbocycles. The maximum atomic E-state index is 13.6. The maximum Gasteiger partial charge on any atom is 0.264 e. The second-order valence-electron chi connectivity index (χ2n) is 8.90. The second kappa shape index (κ2) is 13.4. The molecule has 1 amide bonds.